The Balaban J connectivity index is 2.07. The summed E-state index contributed by atoms with van der Waals surface area (Å²) in [6.07, 6.45) is 0.708. The molecule has 5 nitrogen and oxygen atoms in total. The summed E-state index contributed by atoms with van der Waals surface area (Å²) in [6.45, 7) is 1.25. The molecule has 3 rings (SSSR count). The van der Waals surface area contributed by atoms with Crippen molar-refractivity contribution in [3.8, 4) is 0 Å². The monoisotopic (exact) mass is 312 g/mol. The Hall–Kier alpha value is -0.990. The lowest BCUT2D eigenvalue weighted by atomic mass is 10.2. The van der Waals surface area contributed by atoms with E-state index >= 15 is 0 Å². The average Bonchev–Trinajstić information content (AvgIpc) is 3.04. The Morgan fingerprint density at radius 3 is 2.90 bits per heavy atom. The van der Waals surface area contributed by atoms with Crippen LogP contribution in [0.15, 0.2) is 29.2 Å². The smallest absolute Gasteiger partial charge is 0.242 e. The van der Waals surface area contributed by atoms with Gasteiger partial charge >= 0.3 is 0 Å². The first-order chi connectivity index (χ1) is 9.62. The highest BCUT2D eigenvalue weighted by molar-refractivity contribution is 7.90. The minimum absolute atomic E-state index is 0.149. The van der Waals surface area contributed by atoms with Crippen molar-refractivity contribution < 1.29 is 13.2 Å². The van der Waals surface area contributed by atoms with Crippen LogP contribution in [-0.2, 0) is 21.3 Å². The number of sulfonamides is 1. The van der Waals surface area contributed by atoms with Gasteiger partial charge in [-0.15, -0.1) is 11.3 Å². The van der Waals surface area contributed by atoms with E-state index in [1.54, 1.807) is 0 Å². The molecule has 0 amide bonds. The minimum Gasteiger partial charge on any atom is -0.380 e. The molecular formula is C13H16N2O3S2. The lowest BCUT2D eigenvalue weighted by Gasteiger charge is -2.12. The van der Waals surface area contributed by atoms with E-state index in [1.165, 1.54) is 11.3 Å². The molecule has 20 heavy (non-hydrogen) atoms. The summed E-state index contributed by atoms with van der Waals surface area (Å²) in [5.41, 5.74) is 5.71. The third-order valence-electron chi connectivity index (χ3n) is 3.32. The van der Waals surface area contributed by atoms with Gasteiger partial charge in [-0.25, -0.2) is 13.1 Å². The minimum atomic E-state index is -3.57. The van der Waals surface area contributed by atoms with E-state index in [9.17, 15) is 8.42 Å². The number of hydrogen-bond donors (Lipinski definition) is 2. The Kier molecular flexibility index (Phi) is 3.78. The van der Waals surface area contributed by atoms with Gasteiger partial charge in [0.1, 0.15) is 4.90 Å². The summed E-state index contributed by atoms with van der Waals surface area (Å²) in [5, 5.41) is 0.740. The zero-order chi connectivity index (χ0) is 14.2. The molecule has 0 spiro atoms. The number of fused-ring (bicyclic) bond motifs is 1. The summed E-state index contributed by atoms with van der Waals surface area (Å²) in [4.78, 5) is 1.02. The SMILES string of the molecule is NCc1sc2ccccc2c1S(=O)(=O)NC1CCOC1. The summed E-state index contributed by atoms with van der Waals surface area (Å²) >= 11 is 1.43. The molecule has 0 saturated carbocycles. The summed E-state index contributed by atoms with van der Waals surface area (Å²) in [7, 11) is -3.57. The second-order valence-corrected chi connectivity index (χ2v) is 7.52. The number of nitrogens with one attached hydrogen (secondary N) is 1. The van der Waals surface area contributed by atoms with Crippen molar-refractivity contribution in [3.05, 3.63) is 29.1 Å². The van der Waals surface area contributed by atoms with E-state index in [2.05, 4.69) is 4.72 Å². The molecule has 1 fully saturated rings. The van der Waals surface area contributed by atoms with Crippen LogP contribution < -0.4 is 10.5 Å². The normalized spacial score (nSPS) is 19.8. The number of rotatable bonds is 4. The highest BCUT2D eigenvalue weighted by Gasteiger charge is 2.28. The summed E-state index contributed by atoms with van der Waals surface area (Å²) in [5.74, 6) is 0. The molecule has 3 N–H and O–H groups in total. The lowest BCUT2D eigenvalue weighted by Crippen LogP contribution is -2.35. The zero-order valence-electron chi connectivity index (χ0n) is 10.8. The first-order valence-corrected chi connectivity index (χ1v) is 8.72. The molecule has 7 heteroatoms. The van der Waals surface area contributed by atoms with E-state index in [4.69, 9.17) is 10.5 Å². The zero-order valence-corrected chi connectivity index (χ0v) is 12.5. The molecule has 1 atom stereocenters. The number of ether oxygens (including phenoxy) is 1. The largest absolute Gasteiger partial charge is 0.380 e. The quantitative estimate of drug-likeness (QED) is 0.895. The fourth-order valence-corrected chi connectivity index (χ4v) is 5.50. The van der Waals surface area contributed by atoms with Crippen molar-refractivity contribution >= 4 is 31.4 Å². The lowest BCUT2D eigenvalue weighted by molar-refractivity contribution is 0.192. The van der Waals surface area contributed by atoms with Gasteiger partial charge in [-0.3, -0.25) is 0 Å². The van der Waals surface area contributed by atoms with Gasteiger partial charge in [0, 0.05) is 34.2 Å². The second kappa shape index (κ2) is 5.42. The highest BCUT2D eigenvalue weighted by atomic mass is 32.2. The Labute approximate surface area is 121 Å². The molecule has 1 aliphatic rings. The van der Waals surface area contributed by atoms with Crippen LogP contribution in [-0.4, -0.2) is 27.7 Å². The van der Waals surface area contributed by atoms with Crippen LogP contribution in [0.4, 0.5) is 0 Å². The number of thiophene rings is 1. The Bertz CT molecular complexity index is 718. The molecule has 1 saturated heterocycles. The molecule has 108 valence electrons. The molecule has 0 radical (unpaired) electrons. The van der Waals surface area contributed by atoms with Crippen molar-refractivity contribution in [2.24, 2.45) is 5.73 Å². The third-order valence-corrected chi connectivity index (χ3v) is 6.29. The van der Waals surface area contributed by atoms with Crippen molar-refractivity contribution in [2.45, 2.75) is 23.9 Å². The van der Waals surface area contributed by atoms with Gasteiger partial charge in [0.25, 0.3) is 0 Å². The highest BCUT2D eigenvalue weighted by Crippen LogP contribution is 2.34. The van der Waals surface area contributed by atoms with Crippen LogP contribution in [0.5, 0.6) is 0 Å². The topological polar surface area (TPSA) is 81.4 Å². The fraction of sp³-hybridized carbons (Fsp3) is 0.385. The maximum Gasteiger partial charge on any atom is 0.242 e. The molecule has 2 aromatic rings. The van der Waals surface area contributed by atoms with Gasteiger partial charge in [0.05, 0.1) is 6.61 Å². The fourth-order valence-electron chi connectivity index (χ4n) is 2.41. The Morgan fingerprint density at radius 1 is 1.40 bits per heavy atom. The summed E-state index contributed by atoms with van der Waals surface area (Å²) in [6, 6.07) is 7.33. The molecule has 1 aromatic carbocycles. The van der Waals surface area contributed by atoms with Crippen molar-refractivity contribution in [1.29, 1.82) is 0 Å². The molecule has 2 heterocycles. The molecule has 1 unspecified atom stereocenters. The number of nitrogens with two attached hydrogens (primary N) is 1. The predicted molar refractivity (Wildman–Crippen MR) is 79.3 cm³/mol. The molecule has 1 aromatic heterocycles. The molecular weight excluding hydrogens is 296 g/mol. The molecule has 1 aliphatic heterocycles. The van der Waals surface area contributed by atoms with E-state index in [1.807, 2.05) is 24.3 Å². The van der Waals surface area contributed by atoms with Gasteiger partial charge in [-0.05, 0) is 12.5 Å². The van der Waals surface area contributed by atoms with Crippen LogP contribution in [0.1, 0.15) is 11.3 Å². The van der Waals surface area contributed by atoms with Gasteiger partial charge in [0.15, 0.2) is 0 Å². The van der Waals surface area contributed by atoms with Crippen LogP contribution in [0, 0.1) is 0 Å². The van der Waals surface area contributed by atoms with E-state index in [-0.39, 0.29) is 12.6 Å². The maximum absolute atomic E-state index is 12.6. The third kappa shape index (κ3) is 2.47. The predicted octanol–water partition coefficient (Wildman–Crippen LogP) is 1.43. The standard InChI is InChI=1S/C13H16N2O3S2/c14-7-12-13(10-3-1-2-4-11(10)19-12)20(16,17)15-9-5-6-18-8-9/h1-4,9,15H,5-8,14H2. The van der Waals surface area contributed by atoms with Crippen molar-refractivity contribution in [1.82, 2.24) is 4.72 Å². The summed E-state index contributed by atoms with van der Waals surface area (Å²) < 4.78 is 34.1. The number of benzene rings is 1. The van der Waals surface area contributed by atoms with E-state index in [0.29, 0.717) is 29.4 Å². The maximum atomic E-state index is 12.6. The van der Waals surface area contributed by atoms with Gasteiger partial charge in [-0.2, -0.15) is 0 Å². The van der Waals surface area contributed by atoms with Gasteiger partial charge < -0.3 is 10.5 Å². The molecule has 0 aliphatic carbocycles. The van der Waals surface area contributed by atoms with Crippen LogP contribution >= 0.6 is 11.3 Å². The van der Waals surface area contributed by atoms with E-state index < -0.39 is 10.0 Å². The van der Waals surface area contributed by atoms with Gasteiger partial charge in [0.2, 0.25) is 10.0 Å². The van der Waals surface area contributed by atoms with Crippen molar-refractivity contribution in [2.75, 3.05) is 13.2 Å². The van der Waals surface area contributed by atoms with Crippen LogP contribution in [0.25, 0.3) is 10.1 Å². The van der Waals surface area contributed by atoms with E-state index in [0.717, 1.165) is 10.1 Å². The Morgan fingerprint density at radius 2 is 2.20 bits per heavy atom. The average molecular weight is 312 g/mol. The van der Waals surface area contributed by atoms with Crippen LogP contribution in [0.3, 0.4) is 0 Å². The van der Waals surface area contributed by atoms with Crippen LogP contribution in [0.2, 0.25) is 0 Å². The van der Waals surface area contributed by atoms with Gasteiger partial charge in [-0.1, -0.05) is 18.2 Å². The first kappa shape index (κ1) is 14.0. The van der Waals surface area contributed by atoms with Crippen molar-refractivity contribution in [3.63, 3.8) is 0 Å². The first-order valence-electron chi connectivity index (χ1n) is 6.42. The number of hydrogen-bond acceptors (Lipinski definition) is 5. The molecule has 0 bridgehead atoms. The second-order valence-electron chi connectivity index (χ2n) is 4.74.